The third-order valence-corrected chi connectivity index (χ3v) is 3.66. The number of hydrogen-bond donors (Lipinski definition) is 1. The lowest BCUT2D eigenvalue weighted by molar-refractivity contribution is 0.164. The Kier molecular flexibility index (Phi) is 5.14. The van der Waals surface area contributed by atoms with Crippen LogP contribution in [-0.4, -0.2) is 48.4 Å². The molecule has 0 amide bonds. The van der Waals surface area contributed by atoms with Gasteiger partial charge in [0, 0.05) is 51.7 Å². The molecule has 2 heterocycles. The maximum Gasteiger partial charge on any atom is 0.293 e. The molecule has 1 saturated heterocycles. The summed E-state index contributed by atoms with van der Waals surface area (Å²) >= 11 is 0. The molecule has 1 aliphatic heterocycles. The summed E-state index contributed by atoms with van der Waals surface area (Å²) in [6.07, 6.45) is 5.56. The predicted molar refractivity (Wildman–Crippen MR) is 79.2 cm³/mol. The highest BCUT2D eigenvalue weighted by Gasteiger charge is 2.23. The lowest BCUT2D eigenvalue weighted by atomic mass is 10.0. The zero-order valence-corrected chi connectivity index (χ0v) is 12.5. The van der Waals surface area contributed by atoms with Crippen LogP contribution in [0.1, 0.15) is 19.8 Å². The number of aromatic nitrogens is 2. The third kappa shape index (κ3) is 3.58. The molecule has 20 heavy (non-hydrogen) atoms. The summed E-state index contributed by atoms with van der Waals surface area (Å²) < 4.78 is 6.73. The molecule has 0 unspecified atom stereocenters. The van der Waals surface area contributed by atoms with Gasteiger partial charge >= 0.3 is 0 Å². The van der Waals surface area contributed by atoms with Crippen LogP contribution >= 0.6 is 0 Å². The molecule has 2 rings (SSSR count). The van der Waals surface area contributed by atoms with Crippen molar-refractivity contribution in [3.05, 3.63) is 22.7 Å². The van der Waals surface area contributed by atoms with Crippen molar-refractivity contribution >= 4 is 5.82 Å². The Morgan fingerprint density at radius 1 is 1.60 bits per heavy atom. The Labute approximate surface area is 119 Å². The molecule has 1 fully saturated rings. The van der Waals surface area contributed by atoms with E-state index in [1.807, 2.05) is 0 Å². The summed E-state index contributed by atoms with van der Waals surface area (Å²) in [6.45, 7) is 4.52. The van der Waals surface area contributed by atoms with Crippen LogP contribution in [0.25, 0.3) is 0 Å². The number of piperidine rings is 1. The quantitative estimate of drug-likeness (QED) is 0.844. The molecule has 2 atom stereocenters. The van der Waals surface area contributed by atoms with Crippen molar-refractivity contribution in [2.45, 2.75) is 31.8 Å². The second kappa shape index (κ2) is 6.85. The molecule has 0 aliphatic carbocycles. The molecule has 1 aromatic rings. The summed E-state index contributed by atoms with van der Waals surface area (Å²) in [7, 11) is 3.47. The maximum absolute atomic E-state index is 12.1. The maximum atomic E-state index is 12.1. The molecule has 0 aromatic carbocycles. The Morgan fingerprint density at radius 2 is 2.40 bits per heavy atom. The lowest BCUT2D eigenvalue weighted by Gasteiger charge is -2.35. The van der Waals surface area contributed by atoms with Gasteiger partial charge in [0.1, 0.15) is 0 Å². The Hall–Kier alpha value is -1.40. The van der Waals surface area contributed by atoms with E-state index in [9.17, 15) is 4.79 Å². The van der Waals surface area contributed by atoms with Gasteiger partial charge < -0.3 is 19.5 Å². The first-order valence-electron chi connectivity index (χ1n) is 7.13. The van der Waals surface area contributed by atoms with E-state index in [0.717, 1.165) is 25.9 Å². The van der Waals surface area contributed by atoms with Crippen LogP contribution in [0.3, 0.4) is 0 Å². The number of ether oxygens (including phenoxy) is 1. The van der Waals surface area contributed by atoms with E-state index in [2.05, 4.69) is 22.1 Å². The van der Waals surface area contributed by atoms with Gasteiger partial charge in [0.05, 0.1) is 6.61 Å². The monoisotopic (exact) mass is 280 g/mol. The van der Waals surface area contributed by atoms with Crippen LogP contribution < -0.4 is 15.8 Å². The van der Waals surface area contributed by atoms with Crippen LogP contribution in [0, 0.1) is 0 Å². The average molecular weight is 280 g/mol. The van der Waals surface area contributed by atoms with Crippen molar-refractivity contribution in [2.24, 2.45) is 7.05 Å². The van der Waals surface area contributed by atoms with E-state index < -0.39 is 0 Å². The van der Waals surface area contributed by atoms with Crippen molar-refractivity contribution in [1.82, 2.24) is 14.9 Å². The van der Waals surface area contributed by atoms with Gasteiger partial charge in [-0.05, 0) is 19.8 Å². The van der Waals surface area contributed by atoms with Gasteiger partial charge in [-0.15, -0.1) is 0 Å². The SMILES string of the molecule is COC[C@H](C)N[C@@H]1CCCN(c2nccn(C)c2=O)C1. The van der Waals surface area contributed by atoms with Crippen LogP contribution in [0.15, 0.2) is 17.2 Å². The number of nitrogens with one attached hydrogen (secondary N) is 1. The molecular weight excluding hydrogens is 256 g/mol. The minimum atomic E-state index is -0.0295. The van der Waals surface area contributed by atoms with Crippen molar-refractivity contribution in [3.63, 3.8) is 0 Å². The number of nitrogens with zero attached hydrogens (tertiary/aromatic N) is 3. The molecule has 0 saturated carbocycles. The zero-order chi connectivity index (χ0) is 14.5. The van der Waals surface area contributed by atoms with Crippen LogP contribution in [-0.2, 0) is 11.8 Å². The third-order valence-electron chi connectivity index (χ3n) is 3.66. The van der Waals surface area contributed by atoms with E-state index in [0.29, 0.717) is 24.5 Å². The van der Waals surface area contributed by atoms with Crippen molar-refractivity contribution < 1.29 is 4.74 Å². The number of anilines is 1. The van der Waals surface area contributed by atoms with E-state index in [-0.39, 0.29) is 5.56 Å². The topological polar surface area (TPSA) is 59.4 Å². The van der Waals surface area contributed by atoms with Crippen molar-refractivity contribution in [3.8, 4) is 0 Å². The van der Waals surface area contributed by atoms with Crippen molar-refractivity contribution in [1.29, 1.82) is 0 Å². The van der Waals surface area contributed by atoms with E-state index in [1.165, 1.54) is 0 Å². The summed E-state index contributed by atoms with van der Waals surface area (Å²) in [5, 5.41) is 3.55. The number of rotatable bonds is 5. The van der Waals surface area contributed by atoms with Gasteiger partial charge in [-0.25, -0.2) is 4.98 Å². The smallest absolute Gasteiger partial charge is 0.293 e. The fourth-order valence-electron chi connectivity index (χ4n) is 2.71. The lowest BCUT2D eigenvalue weighted by Crippen LogP contribution is -2.51. The molecule has 1 N–H and O–H groups in total. The van der Waals surface area contributed by atoms with E-state index >= 15 is 0 Å². The molecule has 1 aromatic heterocycles. The van der Waals surface area contributed by atoms with Crippen molar-refractivity contribution in [2.75, 3.05) is 31.7 Å². The average Bonchev–Trinajstić information content (AvgIpc) is 2.42. The highest BCUT2D eigenvalue weighted by atomic mass is 16.5. The standard InChI is InChI=1S/C14H24N4O2/c1-11(10-20-3)16-12-5-4-7-18(9-12)13-14(19)17(2)8-6-15-13/h6,8,11-12,16H,4-5,7,9-10H2,1-3H3/t11-,12+/m0/s1. The van der Waals surface area contributed by atoms with Gasteiger partial charge in [0.25, 0.3) is 5.56 Å². The first kappa shape index (κ1) is 15.0. The van der Waals surface area contributed by atoms with Gasteiger partial charge in [-0.1, -0.05) is 0 Å². The zero-order valence-electron chi connectivity index (χ0n) is 12.5. The van der Waals surface area contributed by atoms with Gasteiger partial charge in [-0.2, -0.15) is 0 Å². The molecule has 1 aliphatic rings. The van der Waals surface area contributed by atoms with Crippen LogP contribution in [0.5, 0.6) is 0 Å². The highest BCUT2D eigenvalue weighted by molar-refractivity contribution is 5.36. The minimum absolute atomic E-state index is 0.0295. The predicted octanol–water partition coefficient (Wildman–Crippen LogP) is 0.374. The summed E-state index contributed by atoms with van der Waals surface area (Å²) in [5.74, 6) is 0.556. The first-order valence-corrected chi connectivity index (χ1v) is 7.13. The number of aryl methyl sites for hydroxylation is 1. The normalized spacial score (nSPS) is 20.9. The van der Waals surface area contributed by atoms with Crippen LogP contribution in [0.2, 0.25) is 0 Å². The second-order valence-corrected chi connectivity index (χ2v) is 5.48. The minimum Gasteiger partial charge on any atom is -0.383 e. The fraction of sp³-hybridized carbons (Fsp3) is 0.714. The summed E-state index contributed by atoms with van der Waals surface area (Å²) in [5.41, 5.74) is -0.0295. The van der Waals surface area contributed by atoms with E-state index in [1.54, 1.807) is 31.1 Å². The molecule has 6 nitrogen and oxygen atoms in total. The largest absolute Gasteiger partial charge is 0.383 e. The van der Waals surface area contributed by atoms with E-state index in [4.69, 9.17) is 4.74 Å². The Bertz CT molecular complexity index is 488. The van der Waals surface area contributed by atoms with Gasteiger partial charge in [0.2, 0.25) is 0 Å². The summed E-state index contributed by atoms with van der Waals surface area (Å²) in [6, 6.07) is 0.692. The Morgan fingerprint density at radius 3 is 3.15 bits per heavy atom. The first-order chi connectivity index (χ1) is 9.61. The molecular formula is C14H24N4O2. The highest BCUT2D eigenvalue weighted by Crippen LogP contribution is 2.14. The fourth-order valence-corrected chi connectivity index (χ4v) is 2.71. The molecule has 0 radical (unpaired) electrons. The molecule has 6 heteroatoms. The van der Waals surface area contributed by atoms with Gasteiger partial charge in [0.15, 0.2) is 5.82 Å². The second-order valence-electron chi connectivity index (χ2n) is 5.48. The molecule has 0 spiro atoms. The summed E-state index contributed by atoms with van der Waals surface area (Å²) in [4.78, 5) is 18.5. The van der Waals surface area contributed by atoms with Gasteiger partial charge in [-0.3, -0.25) is 4.79 Å². The Balaban J connectivity index is 2.03. The van der Waals surface area contributed by atoms with Crippen LogP contribution in [0.4, 0.5) is 5.82 Å². The number of methoxy groups -OCH3 is 1. The number of hydrogen-bond acceptors (Lipinski definition) is 5. The molecule has 0 bridgehead atoms. The molecule has 112 valence electrons.